The lowest BCUT2D eigenvalue weighted by Gasteiger charge is -2.10. The highest BCUT2D eigenvalue weighted by Gasteiger charge is 2.21. The first-order valence-corrected chi connectivity index (χ1v) is 11.3. The van der Waals surface area contributed by atoms with Gasteiger partial charge >= 0.3 is 0 Å². The molecule has 174 valence electrons. The number of hydrogen-bond acceptors (Lipinski definition) is 7. The van der Waals surface area contributed by atoms with Crippen LogP contribution in [0.4, 0.5) is 5.82 Å². The minimum atomic E-state index is 0.522. The topological polar surface area (TPSA) is 106 Å². The molecule has 5 heterocycles. The molecule has 0 aliphatic heterocycles. The van der Waals surface area contributed by atoms with Crippen molar-refractivity contribution in [3.8, 4) is 28.6 Å². The Kier molecular flexibility index (Phi) is 4.63. The maximum Gasteiger partial charge on any atom is 0.200 e. The number of aryl methyl sites for hydroxylation is 3. The summed E-state index contributed by atoms with van der Waals surface area (Å²) in [6.07, 6.45) is 1.79. The van der Waals surface area contributed by atoms with E-state index >= 15 is 0 Å². The van der Waals surface area contributed by atoms with E-state index in [1.165, 1.54) is 0 Å². The molecular weight excluding hydrogens is 440 g/mol. The Morgan fingerprint density at radius 2 is 1.77 bits per heavy atom. The van der Waals surface area contributed by atoms with E-state index in [9.17, 15) is 0 Å². The van der Waals surface area contributed by atoms with Crippen molar-refractivity contribution in [3.63, 3.8) is 0 Å². The molecule has 0 bridgehead atoms. The summed E-state index contributed by atoms with van der Waals surface area (Å²) in [4.78, 5) is 24.2. The third kappa shape index (κ3) is 3.50. The molecule has 0 spiro atoms. The van der Waals surface area contributed by atoms with Crippen LogP contribution in [-0.4, -0.2) is 58.4 Å². The molecule has 6 aromatic rings. The molecule has 0 aliphatic carbocycles. The number of nitrogens with zero attached hydrogens (tertiary/aromatic N) is 9. The summed E-state index contributed by atoms with van der Waals surface area (Å²) in [5.74, 6) is 2.85. The number of nitrogens with one attached hydrogen (secondary N) is 1. The predicted molar refractivity (Wildman–Crippen MR) is 135 cm³/mol. The Morgan fingerprint density at radius 3 is 2.60 bits per heavy atom. The van der Waals surface area contributed by atoms with Crippen LogP contribution >= 0.6 is 0 Å². The Labute approximate surface area is 201 Å². The largest absolute Gasteiger partial charge is 0.363 e. The van der Waals surface area contributed by atoms with Crippen LogP contribution in [0.3, 0.4) is 0 Å². The van der Waals surface area contributed by atoms with E-state index < -0.39 is 0 Å². The zero-order valence-corrected chi connectivity index (χ0v) is 20.1. The third-order valence-corrected chi connectivity index (χ3v) is 5.88. The molecule has 1 aromatic carbocycles. The van der Waals surface area contributed by atoms with Gasteiger partial charge in [-0.25, -0.2) is 29.1 Å². The molecule has 0 amide bonds. The van der Waals surface area contributed by atoms with Gasteiger partial charge < -0.3 is 9.88 Å². The second-order valence-corrected chi connectivity index (χ2v) is 8.80. The molecule has 10 heteroatoms. The summed E-state index contributed by atoms with van der Waals surface area (Å²) in [7, 11) is 3.92. The highest BCUT2D eigenvalue weighted by molar-refractivity contribution is 5.79. The van der Waals surface area contributed by atoms with Gasteiger partial charge in [-0.15, -0.1) is 5.10 Å². The van der Waals surface area contributed by atoms with E-state index in [2.05, 4.69) is 15.1 Å². The first-order valence-electron chi connectivity index (χ1n) is 11.3. The van der Waals surface area contributed by atoms with Gasteiger partial charge in [0.25, 0.3) is 0 Å². The van der Waals surface area contributed by atoms with E-state index in [1.807, 2.05) is 91.4 Å². The number of aromatic nitrogens is 9. The van der Waals surface area contributed by atoms with Gasteiger partial charge in [-0.3, -0.25) is 0 Å². The van der Waals surface area contributed by atoms with Crippen molar-refractivity contribution in [2.75, 3.05) is 19.0 Å². The number of pyridine rings is 1. The van der Waals surface area contributed by atoms with Gasteiger partial charge in [-0.2, -0.15) is 5.10 Å². The van der Waals surface area contributed by atoms with Gasteiger partial charge in [0.1, 0.15) is 17.3 Å². The van der Waals surface area contributed by atoms with Gasteiger partial charge in [0.05, 0.1) is 28.5 Å². The molecule has 0 fully saturated rings. The van der Waals surface area contributed by atoms with Crippen LogP contribution in [0.15, 0.2) is 48.7 Å². The quantitative estimate of drug-likeness (QED) is 0.422. The second-order valence-electron chi connectivity index (χ2n) is 8.80. The van der Waals surface area contributed by atoms with Crippen molar-refractivity contribution >= 4 is 22.5 Å². The molecule has 10 nitrogen and oxygen atoms in total. The number of rotatable bonds is 4. The minimum absolute atomic E-state index is 0.522. The predicted octanol–water partition coefficient (Wildman–Crippen LogP) is 3.91. The molecule has 0 aliphatic rings. The Balaban J connectivity index is 1.60. The number of anilines is 1. The number of benzene rings is 1. The van der Waals surface area contributed by atoms with Crippen LogP contribution in [0.2, 0.25) is 0 Å². The van der Waals surface area contributed by atoms with E-state index in [1.54, 1.807) is 6.20 Å². The van der Waals surface area contributed by atoms with E-state index in [0.717, 1.165) is 51.0 Å². The van der Waals surface area contributed by atoms with Gasteiger partial charge in [-0.1, -0.05) is 6.07 Å². The molecule has 0 unspecified atom stereocenters. The SMILES string of the molecule is Cc1cc(C)n2ncc(-c3nc(-c4cccc(N(C)C)n4)nn3-c3ccc4nc(C)[nH]c4c3)c2n1. The smallest absolute Gasteiger partial charge is 0.200 e. The van der Waals surface area contributed by atoms with Crippen molar-refractivity contribution in [1.82, 2.24) is 44.3 Å². The fourth-order valence-electron chi connectivity index (χ4n) is 4.26. The van der Waals surface area contributed by atoms with Crippen LogP contribution in [-0.2, 0) is 0 Å². The second kappa shape index (κ2) is 7.73. The summed E-state index contributed by atoms with van der Waals surface area (Å²) in [6.45, 7) is 5.93. The molecule has 6 rings (SSSR count). The molecule has 5 aromatic heterocycles. The van der Waals surface area contributed by atoms with E-state index in [-0.39, 0.29) is 0 Å². The zero-order chi connectivity index (χ0) is 24.3. The van der Waals surface area contributed by atoms with Crippen molar-refractivity contribution in [1.29, 1.82) is 0 Å². The Hall–Kier alpha value is -4.60. The molecular formula is C25H24N10. The fourth-order valence-corrected chi connectivity index (χ4v) is 4.26. The molecule has 0 atom stereocenters. The summed E-state index contributed by atoms with van der Waals surface area (Å²) >= 11 is 0. The summed E-state index contributed by atoms with van der Waals surface area (Å²) in [6, 6.07) is 13.8. The number of imidazole rings is 1. The standard InChI is InChI=1S/C25H24N10/c1-14-11-15(2)34-24(27-14)18(13-26-34)25-31-23(20-7-6-8-22(30-20)33(4)5)32-35(25)17-9-10-19-21(12-17)29-16(3)28-19/h6-13H,1-5H3,(H,28,29). The average Bonchev–Trinajstić information content (AvgIpc) is 3.54. The Morgan fingerprint density at radius 1 is 0.914 bits per heavy atom. The monoisotopic (exact) mass is 464 g/mol. The van der Waals surface area contributed by atoms with Gasteiger partial charge in [0.15, 0.2) is 11.5 Å². The lowest BCUT2D eigenvalue weighted by molar-refractivity contribution is 0.884. The lowest BCUT2D eigenvalue weighted by atomic mass is 10.2. The van der Waals surface area contributed by atoms with Crippen LogP contribution in [0, 0.1) is 20.8 Å². The Bertz CT molecular complexity index is 1720. The van der Waals surface area contributed by atoms with Crippen molar-refractivity contribution in [3.05, 3.63) is 65.9 Å². The molecule has 0 radical (unpaired) electrons. The molecule has 0 saturated heterocycles. The average molecular weight is 465 g/mol. The first kappa shape index (κ1) is 21.0. The molecule has 35 heavy (non-hydrogen) atoms. The van der Waals surface area contributed by atoms with Gasteiger partial charge in [-0.05, 0) is 57.2 Å². The van der Waals surface area contributed by atoms with Crippen LogP contribution in [0.25, 0.3) is 45.3 Å². The lowest BCUT2D eigenvalue weighted by Crippen LogP contribution is -2.10. The number of fused-ring (bicyclic) bond motifs is 2. The summed E-state index contributed by atoms with van der Waals surface area (Å²) < 4.78 is 3.65. The number of H-pyrrole nitrogens is 1. The molecule has 1 N–H and O–H groups in total. The van der Waals surface area contributed by atoms with E-state index in [4.69, 9.17) is 20.1 Å². The number of aromatic amines is 1. The maximum atomic E-state index is 4.95. The maximum absolute atomic E-state index is 4.95. The molecule has 0 saturated carbocycles. The van der Waals surface area contributed by atoms with Crippen molar-refractivity contribution < 1.29 is 0 Å². The van der Waals surface area contributed by atoms with Crippen LogP contribution in [0.5, 0.6) is 0 Å². The van der Waals surface area contributed by atoms with Crippen molar-refractivity contribution in [2.24, 2.45) is 0 Å². The zero-order valence-electron chi connectivity index (χ0n) is 20.1. The normalized spacial score (nSPS) is 11.6. The minimum Gasteiger partial charge on any atom is -0.363 e. The highest BCUT2D eigenvalue weighted by atomic mass is 15.4. The van der Waals surface area contributed by atoms with Gasteiger partial charge in [0, 0.05) is 25.5 Å². The third-order valence-electron chi connectivity index (χ3n) is 5.88. The first-order chi connectivity index (χ1) is 16.9. The van der Waals surface area contributed by atoms with E-state index in [0.29, 0.717) is 17.3 Å². The van der Waals surface area contributed by atoms with Crippen molar-refractivity contribution in [2.45, 2.75) is 20.8 Å². The fraction of sp³-hybridized carbons (Fsp3) is 0.200. The van der Waals surface area contributed by atoms with Crippen LogP contribution < -0.4 is 4.90 Å². The van der Waals surface area contributed by atoms with Crippen LogP contribution in [0.1, 0.15) is 17.2 Å². The highest BCUT2D eigenvalue weighted by Crippen LogP contribution is 2.29. The number of hydrogen-bond donors (Lipinski definition) is 1. The van der Waals surface area contributed by atoms with Gasteiger partial charge in [0.2, 0.25) is 5.82 Å². The summed E-state index contributed by atoms with van der Waals surface area (Å²) in [5, 5.41) is 9.48. The summed E-state index contributed by atoms with van der Waals surface area (Å²) in [5.41, 5.74) is 6.81.